The Balaban J connectivity index is 0.00000264. The summed E-state index contributed by atoms with van der Waals surface area (Å²) >= 11 is 11.8. The lowest BCUT2D eigenvalue weighted by Crippen LogP contribution is -2.44. The van der Waals surface area contributed by atoms with Crippen LogP contribution in [0.25, 0.3) is 0 Å². The van der Waals surface area contributed by atoms with Crippen molar-refractivity contribution in [2.75, 3.05) is 45.9 Å². The van der Waals surface area contributed by atoms with Gasteiger partial charge in [0, 0.05) is 37.7 Å². The van der Waals surface area contributed by atoms with Crippen molar-refractivity contribution in [1.29, 1.82) is 0 Å². The maximum atomic E-state index is 11.7. The number of piperazine rings is 1. The highest BCUT2D eigenvalue weighted by Crippen LogP contribution is 2.27. The van der Waals surface area contributed by atoms with Crippen LogP contribution < -0.4 is 15.4 Å². The van der Waals surface area contributed by atoms with E-state index in [4.69, 9.17) is 27.9 Å². The fourth-order valence-corrected chi connectivity index (χ4v) is 2.71. The van der Waals surface area contributed by atoms with E-state index in [0.717, 1.165) is 39.1 Å². The Labute approximate surface area is 153 Å². The molecule has 130 valence electrons. The quantitative estimate of drug-likeness (QED) is 0.710. The molecule has 8 heteroatoms. The van der Waals surface area contributed by atoms with Crippen LogP contribution in [-0.4, -0.2) is 56.7 Å². The van der Waals surface area contributed by atoms with Crippen molar-refractivity contribution < 1.29 is 9.53 Å². The normalized spacial score (nSPS) is 14.9. The van der Waals surface area contributed by atoms with Crippen LogP contribution in [0, 0.1) is 0 Å². The summed E-state index contributed by atoms with van der Waals surface area (Å²) < 4.78 is 5.38. The molecule has 1 aliphatic heterocycles. The van der Waals surface area contributed by atoms with Gasteiger partial charge in [-0.05, 0) is 31.2 Å². The summed E-state index contributed by atoms with van der Waals surface area (Å²) in [6.45, 7) is 5.85. The summed E-state index contributed by atoms with van der Waals surface area (Å²) in [6.07, 6.45) is 0.938. The van der Waals surface area contributed by atoms with Crippen molar-refractivity contribution in [3.8, 4) is 5.75 Å². The molecule has 0 aromatic heterocycles. The summed E-state index contributed by atoms with van der Waals surface area (Å²) in [5, 5.41) is 7.10. The average Bonchev–Trinajstić information content (AvgIpc) is 2.52. The number of carbonyl (C=O) groups excluding carboxylic acids is 1. The topological polar surface area (TPSA) is 53.6 Å². The lowest BCUT2D eigenvalue weighted by molar-refractivity contribution is -0.123. The van der Waals surface area contributed by atoms with Gasteiger partial charge in [0.05, 0.1) is 5.02 Å². The predicted octanol–water partition coefficient (Wildman–Crippen LogP) is 2.21. The summed E-state index contributed by atoms with van der Waals surface area (Å²) in [5.41, 5.74) is 0. The summed E-state index contributed by atoms with van der Waals surface area (Å²) in [6, 6.07) is 4.92. The van der Waals surface area contributed by atoms with E-state index in [1.807, 2.05) is 0 Å². The zero-order valence-corrected chi connectivity index (χ0v) is 15.1. The van der Waals surface area contributed by atoms with Crippen molar-refractivity contribution in [1.82, 2.24) is 15.5 Å². The number of benzene rings is 1. The first kappa shape index (κ1) is 20.3. The van der Waals surface area contributed by atoms with Crippen LogP contribution in [0.2, 0.25) is 10.0 Å². The average molecular weight is 383 g/mol. The number of halogens is 3. The Hall–Kier alpha value is -0.720. The number of amides is 1. The van der Waals surface area contributed by atoms with Gasteiger partial charge in [0.25, 0.3) is 5.91 Å². The zero-order valence-electron chi connectivity index (χ0n) is 12.8. The van der Waals surface area contributed by atoms with Crippen molar-refractivity contribution in [3.05, 3.63) is 28.2 Å². The van der Waals surface area contributed by atoms with Gasteiger partial charge in [0.2, 0.25) is 0 Å². The number of hydrogen-bond acceptors (Lipinski definition) is 4. The Morgan fingerprint density at radius 3 is 2.74 bits per heavy atom. The Kier molecular flexibility index (Phi) is 9.67. The van der Waals surface area contributed by atoms with Crippen LogP contribution in [0.5, 0.6) is 5.75 Å². The van der Waals surface area contributed by atoms with Gasteiger partial charge in [-0.3, -0.25) is 4.79 Å². The summed E-state index contributed by atoms with van der Waals surface area (Å²) in [7, 11) is 0. The molecule has 1 heterocycles. The molecule has 2 N–H and O–H groups in total. The van der Waals surface area contributed by atoms with Crippen LogP contribution >= 0.6 is 35.6 Å². The molecule has 0 spiro atoms. The second-order valence-electron chi connectivity index (χ2n) is 5.16. The van der Waals surface area contributed by atoms with Crippen molar-refractivity contribution in [2.24, 2.45) is 0 Å². The van der Waals surface area contributed by atoms with Crippen molar-refractivity contribution in [2.45, 2.75) is 6.42 Å². The van der Waals surface area contributed by atoms with E-state index in [1.54, 1.807) is 18.2 Å². The number of hydrogen-bond donors (Lipinski definition) is 2. The van der Waals surface area contributed by atoms with Crippen molar-refractivity contribution in [3.63, 3.8) is 0 Å². The smallest absolute Gasteiger partial charge is 0.257 e. The lowest BCUT2D eigenvalue weighted by Gasteiger charge is -2.27. The predicted molar refractivity (Wildman–Crippen MR) is 96.1 cm³/mol. The minimum Gasteiger partial charge on any atom is -0.482 e. The largest absolute Gasteiger partial charge is 0.482 e. The molecule has 0 aliphatic carbocycles. The molecule has 0 radical (unpaired) electrons. The summed E-state index contributed by atoms with van der Waals surface area (Å²) in [5.74, 6) is 0.313. The third-order valence-electron chi connectivity index (χ3n) is 3.44. The molecule has 5 nitrogen and oxygen atoms in total. The molecule has 1 aromatic rings. The van der Waals surface area contributed by atoms with Crippen LogP contribution in [0.4, 0.5) is 0 Å². The second kappa shape index (κ2) is 10.9. The highest BCUT2D eigenvalue weighted by Gasteiger charge is 2.09. The molecular formula is C15H22Cl3N3O2. The number of ether oxygens (including phenoxy) is 1. The molecular weight excluding hydrogens is 361 g/mol. The van der Waals surface area contributed by atoms with Gasteiger partial charge in [-0.1, -0.05) is 23.2 Å². The highest BCUT2D eigenvalue weighted by atomic mass is 35.5. The molecule has 0 unspecified atom stereocenters. The molecule has 0 saturated carbocycles. The Morgan fingerprint density at radius 2 is 2.04 bits per heavy atom. The monoisotopic (exact) mass is 381 g/mol. The molecule has 2 rings (SSSR count). The van der Waals surface area contributed by atoms with E-state index in [-0.39, 0.29) is 24.9 Å². The van der Waals surface area contributed by atoms with Gasteiger partial charge in [0.15, 0.2) is 6.61 Å². The minimum absolute atomic E-state index is 0. The zero-order chi connectivity index (χ0) is 15.8. The standard InChI is InChI=1S/C15H21Cl2N3O2.ClH/c16-12-2-3-14(13(17)10-12)22-11-15(21)19-4-1-7-20-8-5-18-6-9-20;/h2-3,10,18H,1,4-9,11H2,(H,19,21);1H. The van der Waals surface area contributed by atoms with E-state index >= 15 is 0 Å². The Morgan fingerprint density at radius 1 is 1.30 bits per heavy atom. The number of rotatable bonds is 7. The SMILES string of the molecule is Cl.O=C(COc1ccc(Cl)cc1Cl)NCCCN1CCNCC1. The Bertz CT molecular complexity index is 497. The maximum absolute atomic E-state index is 11.7. The summed E-state index contributed by atoms with van der Waals surface area (Å²) in [4.78, 5) is 14.1. The first-order valence-corrected chi connectivity index (χ1v) is 8.18. The van der Waals surface area contributed by atoms with Crippen LogP contribution in [-0.2, 0) is 4.79 Å². The van der Waals surface area contributed by atoms with Gasteiger partial charge < -0.3 is 20.3 Å². The van der Waals surface area contributed by atoms with Crippen LogP contribution in [0.3, 0.4) is 0 Å². The number of carbonyl (C=O) groups is 1. The molecule has 1 amide bonds. The minimum atomic E-state index is -0.147. The van der Waals surface area contributed by atoms with E-state index in [0.29, 0.717) is 22.3 Å². The van der Waals surface area contributed by atoms with E-state index < -0.39 is 0 Å². The van der Waals surface area contributed by atoms with Gasteiger partial charge >= 0.3 is 0 Å². The molecule has 1 aromatic carbocycles. The number of nitrogens with zero attached hydrogens (tertiary/aromatic N) is 1. The molecule has 1 fully saturated rings. The highest BCUT2D eigenvalue weighted by molar-refractivity contribution is 6.35. The second-order valence-corrected chi connectivity index (χ2v) is 6.00. The maximum Gasteiger partial charge on any atom is 0.257 e. The molecule has 23 heavy (non-hydrogen) atoms. The third-order valence-corrected chi connectivity index (χ3v) is 3.97. The first-order valence-electron chi connectivity index (χ1n) is 7.43. The van der Waals surface area contributed by atoms with Crippen LogP contribution in [0.1, 0.15) is 6.42 Å². The molecule has 1 saturated heterocycles. The van der Waals surface area contributed by atoms with E-state index in [1.165, 1.54) is 0 Å². The van der Waals surface area contributed by atoms with E-state index in [9.17, 15) is 4.79 Å². The first-order chi connectivity index (χ1) is 10.6. The fraction of sp³-hybridized carbons (Fsp3) is 0.533. The number of nitrogens with one attached hydrogen (secondary N) is 2. The third kappa shape index (κ3) is 7.59. The lowest BCUT2D eigenvalue weighted by atomic mass is 10.3. The van der Waals surface area contributed by atoms with Gasteiger partial charge in [-0.2, -0.15) is 0 Å². The van der Waals surface area contributed by atoms with E-state index in [2.05, 4.69) is 15.5 Å². The molecule has 0 atom stereocenters. The van der Waals surface area contributed by atoms with Crippen LogP contribution in [0.15, 0.2) is 18.2 Å². The molecule has 0 bridgehead atoms. The fourth-order valence-electron chi connectivity index (χ4n) is 2.25. The van der Waals surface area contributed by atoms with Gasteiger partial charge in [-0.15, -0.1) is 12.4 Å². The van der Waals surface area contributed by atoms with Gasteiger partial charge in [-0.25, -0.2) is 0 Å². The molecule has 1 aliphatic rings. The van der Waals surface area contributed by atoms with Crippen molar-refractivity contribution >= 4 is 41.5 Å². The van der Waals surface area contributed by atoms with Gasteiger partial charge in [0.1, 0.15) is 5.75 Å².